The number of nitriles is 1. The molecule has 2 unspecified atom stereocenters. The third-order valence-corrected chi connectivity index (χ3v) is 4.96. The molecule has 2 heteroatoms. The summed E-state index contributed by atoms with van der Waals surface area (Å²) in [4.78, 5) is 2.39. The molecule has 0 bridgehead atoms. The van der Waals surface area contributed by atoms with Gasteiger partial charge in [0.25, 0.3) is 0 Å². The second-order valence-electron chi connectivity index (χ2n) is 8.20. The van der Waals surface area contributed by atoms with Crippen LogP contribution < -0.4 is 0 Å². The minimum atomic E-state index is -0.391. The molecule has 22 heavy (non-hydrogen) atoms. The van der Waals surface area contributed by atoms with E-state index in [-0.39, 0.29) is 5.41 Å². The van der Waals surface area contributed by atoms with Gasteiger partial charge in [-0.15, -0.1) is 0 Å². The summed E-state index contributed by atoms with van der Waals surface area (Å²) in [5.74, 6) is 0.699. The van der Waals surface area contributed by atoms with Gasteiger partial charge in [-0.2, -0.15) is 5.26 Å². The van der Waals surface area contributed by atoms with E-state index in [1.54, 1.807) is 0 Å². The largest absolute Gasteiger partial charge is 0.285 e. The van der Waals surface area contributed by atoms with E-state index in [0.717, 1.165) is 19.5 Å². The van der Waals surface area contributed by atoms with Crippen LogP contribution in [0.5, 0.6) is 0 Å². The molecule has 2 atom stereocenters. The Morgan fingerprint density at radius 2 is 1.82 bits per heavy atom. The Balaban J connectivity index is 2.14. The number of nitrogens with zero attached hydrogens (tertiary/aromatic N) is 2. The van der Waals surface area contributed by atoms with Crippen molar-refractivity contribution >= 4 is 0 Å². The first-order valence-electron chi connectivity index (χ1n) is 8.50. The van der Waals surface area contributed by atoms with Crippen molar-refractivity contribution < 1.29 is 0 Å². The highest BCUT2D eigenvalue weighted by atomic mass is 15.2. The van der Waals surface area contributed by atoms with Crippen LogP contribution in [-0.2, 0) is 11.8 Å². The molecular formula is C20H30N2. The van der Waals surface area contributed by atoms with Gasteiger partial charge in [-0.05, 0) is 48.8 Å². The monoisotopic (exact) mass is 298 g/mol. The maximum absolute atomic E-state index is 9.78. The Bertz CT molecular complexity index is 532. The lowest BCUT2D eigenvalue weighted by atomic mass is 9.84. The average molecular weight is 298 g/mol. The van der Waals surface area contributed by atoms with Gasteiger partial charge in [-0.3, -0.25) is 4.90 Å². The van der Waals surface area contributed by atoms with Gasteiger partial charge in [0.1, 0.15) is 5.54 Å². The van der Waals surface area contributed by atoms with Gasteiger partial charge in [0, 0.05) is 13.0 Å². The molecule has 0 aromatic heterocycles. The van der Waals surface area contributed by atoms with Crippen LogP contribution in [0.4, 0.5) is 0 Å². The maximum atomic E-state index is 9.78. The maximum Gasteiger partial charge on any atom is 0.110 e. The molecule has 1 saturated heterocycles. The molecule has 1 aromatic carbocycles. The summed E-state index contributed by atoms with van der Waals surface area (Å²) in [7, 11) is 0. The SMILES string of the molecule is CC1CCCN(C(C)(C#N)Cc2ccc(C(C)(C)C)cc2)C1. The second kappa shape index (κ2) is 6.42. The van der Waals surface area contributed by atoms with E-state index in [0.29, 0.717) is 5.92 Å². The molecule has 1 aliphatic heterocycles. The normalized spacial score (nSPS) is 22.8. The van der Waals surface area contributed by atoms with E-state index < -0.39 is 5.54 Å². The summed E-state index contributed by atoms with van der Waals surface area (Å²) in [6.45, 7) is 13.2. The van der Waals surface area contributed by atoms with Crippen molar-refractivity contribution in [3.8, 4) is 6.07 Å². The van der Waals surface area contributed by atoms with E-state index in [2.05, 4.69) is 69.9 Å². The molecule has 0 radical (unpaired) electrons. The molecular weight excluding hydrogens is 268 g/mol. The summed E-state index contributed by atoms with van der Waals surface area (Å²) in [6, 6.07) is 11.4. The fourth-order valence-electron chi connectivity index (χ4n) is 3.38. The molecule has 0 aliphatic carbocycles. The lowest BCUT2D eigenvalue weighted by Gasteiger charge is -2.41. The first kappa shape index (κ1) is 17.0. The Morgan fingerprint density at radius 1 is 1.18 bits per heavy atom. The molecule has 120 valence electrons. The zero-order chi connectivity index (χ0) is 16.4. The molecule has 0 N–H and O–H groups in total. The number of piperidine rings is 1. The summed E-state index contributed by atoms with van der Waals surface area (Å²) in [5, 5.41) is 9.78. The van der Waals surface area contributed by atoms with E-state index in [9.17, 15) is 5.26 Å². The van der Waals surface area contributed by atoms with Gasteiger partial charge in [-0.1, -0.05) is 52.0 Å². The van der Waals surface area contributed by atoms with Crippen molar-refractivity contribution in [2.45, 2.75) is 64.8 Å². The zero-order valence-electron chi connectivity index (χ0n) is 14.8. The van der Waals surface area contributed by atoms with Crippen LogP contribution in [0, 0.1) is 17.2 Å². The van der Waals surface area contributed by atoms with Gasteiger partial charge >= 0.3 is 0 Å². The molecule has 1 heterocycles. The Hall–Kier alpha value is -1.33. The van der Waals surface area contributed by atoms with E-state index in [1.807, 2.05) is 0 Å². The number of benzene rings is 1. The van der Waals surface area contributed by atoms with Crippen LogP contribution in [0.3, 0.4) is 0 Å². The van der Waals surface area contributed by atoms with Crippen molar-refractivity contribution in [2.75, 3.05) is 13.1 Å². The molecule has 0 spiro atoms. The molecule has 0 amide bonds. The van der Waals surface area contributed by atoms with Crippen molar-refractivity contribution in [2.24, 2.45) is 5.92 Å². The summed E-state index contributed by atoms with van der Waals surface area (Å²) in [6.07, 6.45) is 3.31. The van der Waals surface area contributed by atoms with E-state index in [1.165, 1.54) is 24.0 Å². The highest BCUT2D eigenvalue weighted by Crippen LogP contribution is 2.28. The fourth-order valence-corrected chi connectivity index (χ4v) is 3.38. The molecule has 2 nitrogen and oxygen atoms in total. The van der Waals surface area contributed by atoms with Crippen LogP contribution in [-0.4, -0.2) is 23.5 Å². The molecule has 2 rings (SSSR count). The highest BCUT2D eigenvalue weighted by molar-refractivity contribution is 5.29. The molecule has 1 aromatic rings. The van der Waals surface area contributed by atoms with E-state index in [4.69, 9.17) is 0 Å². The fraction of sp³-hybridized carbons (Fsp3) is 0.650. The predicted octanol–water partition coefficient (Wildman–Crippen LogP) is 4.54. The smallest absolute Gasteiger partial charge is 0.110 e. The molecule has 1 aliphatic rings. The minimum Gasteiger partial charge on any atom is -0.285 e. The summed E-state index contributed by atoms with van der Waals surface area (Å²) in [5.41, 5.74) is 2.40. The van der Waals surface area contributed by atoms with Crippen molar-refractivity contribution in [3.05, 3.63) is 35.4 Å². The topological polar surface area (TPSA) is 27.0 Å². The first-order chi connectivity index (χ1) is 10.2. The lowest BCUT2D eigenvalue weighted by molar-refractivity contribution is 0.0959. The van der Waals surface area contributed by atoms with Crippen molar-refractivity contribution in [1.82, 2.24) is 4.90 Å². The van der Waals surface area contributed by atoms with Gasteiger partial charge in [0.05, 0.1) is 6.07 Å². The van der Waals surface area contributed by atoms with Crippen molar-refractivity contribution in [1.29, 1.82) is 5.26 Å². The number of rotatable bonds is 3. The lowest BCUT2D eigenvalue weighted by Crippen LogP contribution is -2.51. The zero-order valence-corrected chi connectivity index (χ0v) is 14.8. The Kier molecular flexibility index (Phi) is 4.97. The first-order valence-corrected chi connectivity index (χ1v) is 8.50. The predicted molar refractivity (Wildman–Crippen MR) is 92.8 cm³/mol. The Morgan fingerprint density at radius 3 is 2.32 bits per heavy atom. The third kappa shape index (κ3) is 3.90. The summed E-state index contributed by atoms with van der Waals surface area (Å²) >= 11 is 0. The molecule has 0 saturated carbocycles. The van der Waals surface area contributed by atoms with Crippen molar-refractivity contribution in [3.63, 3.8) is 0 Å². The highest BCUT2D eigenvalue weighted by Gasteiger charge is 2.34. The average Bonchev–Trinajstić information content (AvgIpc) is 2.47. The van der Waals surface area contributed by atoms with Crippen LogP contribution >= 0.6 is 0 Å². The van der Waals surface area contributed by atoms with E-state index >= 15 is 0 Å². The quantitative estimate of drug-likeness (QED) is 0.819. The van der Waals surface area contributed by atoms with Gasteiger partial charge in [0.2, 0.25) is 0 Å². The second-order valence-corrected chi connectivity index (χ2v) is 8.20. The number of hydrogen-bond acceptors (Lipinski definition) is 2. The number of likely N-dealkylation sites (tertiary alicyclic amines) is 1. The van der Waals surface area contributed by atoms with Crippen LogP contribution in [0.2, 0.25) is 0 Å². The van der Waals surface area contributed by atoms with Gasteiger partial charge in [-0.25, -0.2) is 0 Å². The van der Waals surface area contributed by atoms with Crippen LogP contribution in [0.1, 0.15) is 58.6 Å². The van der Waals surface area contributed by atoms with Crippen LogP contribution in [0.25, 0.3) is 0 Å². The van der Waals surface area contributed by atoms with Gasteiger partial charge < -0.3 is 0 Å². The molecule has 1 fully saturated rings. The Labute approximate surface area is 136 Å². The minimum absolute atomic E-state index is 0.180. The third-order valence-electron chi connectivity index (χ3n) is 4.96. The van der Waals surface area contributed by atoms with Gasteiger partial charge in [0.15, 0.2) is 0 Å². The van der Waals surface area contributed by atoms with Crippen LogP contribution in [0.15, 0.2) is 24.3 Å². The number of hydrogen-bond donors (Lipinski definition) is 0. The summed E-state index contributed by atoms with van der Waals surface area (Å²) < 4.78 is 0. The standard InChI is InChI=1S/C20H30N2/c1-16-7-6-12-22(14-16)20(5,15-21)13-17-8-10-18(11-9-17)19(2,3)4/h8-11,16H,6-7,12-14H2,1-5H3.